The van der Waals surface area contributed by atoms with Gasteiger partial charge in [-0.15, -0.1) is 0 Å². The van der Waals surface area contributed by atoms with Gasteiger partial charge in [0, 0.05) is 0 Å². The molecule has 0 aliphatic heterocycles. The van der Waals surface area contributed by atoms with Crippen molar-refractivity contribution in [2.24, 2.45) is 0 Å². The van der Waals surface area contributed by atoms with Crippen molar-refractivity contribution in [1.82, 2.24) is 4.98 Å². The molecule has 0 radical (unpaired) electrons. The number of hydrogen-bond acceptors (Lipinski definition) is 3. The second kappa shape index (κ2) is 2.34. The van der Waals surface area contributed by atoms with Gasteiger partial charge in [0.25, 0.3) is 0 Å². The van der Waals surface area contributed by atoms with Crippen LogP contribution >= 0.6 is 0 Å². The molecule has 0 bridgehead atoms. The summed E-state index contributed by atoms with van der Waals surface area (Å²) in [6, 6.07) is 0. The molecule has 0 aromatic carbocycles. The van der Waals surface area contributed by atoms with Gasteiger partial charge in [0.05, 0.1) is 6.20 Å². The molecule has 60 valence electrons. The van der Waals surface area contributed by atoms with E-state index >= 15 is 0 Å². The second-order valence-electron chi connectivity index (χ2n) is 3.10. The van der Waals surface area contributed by atoms with Crippen LogP contribution in [-0.4, -0.2) is 10.1 Å². The van der Waals surface area contributed by atoms with Crippen LogP contribution in [0.3, 0.4) is 0 Å². The topological polar surface area (TPSA) is 46.3 Å². The molecule has 1 aliphatic carbocycles. The summed E-state index contributed by atoms with van der Waals surface area (Å²) < 4.78 is 5.06. The predicted octanol–water partition coefficient (Wildman–Crippen LogP) is 1.44. The Balaban J connectivity index is 2.27. The fraction of sp³-hybridized carbons (Fsp3) is 0.625. The summed E-state index contributed by atoms with van der Waals surface area (Å²) in [5.74, 6) is 0.620. The van der Waals surface area contributed by atoms with E-state index in [4.69, 9.17) is 4.42 Å². The Morgan fingerprint density at radius 1 is 1.45 bits per heavy atom. The van der Waals surface area contributed by atoms with Crippen molar-refractivity contribution in [3.05, 3.63) is 18.4 Å². The first-order chi connectivity index (χ1) is 5.31. The molecule has 11 heavy (non-hydrogen) atoms. The highest BCUT2D eigenvalue weighted by atomic mass is 16.4. The summed E-state index contributed by atoms with van der Waals surface area (Å²) >= 11 is 0. The van der Waals surface area contributed by atoms with Crippen molar-refractivity contribution in [2.45, 2.75) is 31.3 Å². The Hall–Kier alpha value is -0.830. The van der Waals surface area contributed by atoms with E-state index < -0.39 is 5.60 Å². The third-order valence-electron chi connectivity index (χ3n) is 2.32. The van der Waals surface area contributed by atoms with Crippen LogP contribution in [-0.2, 0) is 5.60 Å². The van der Waals surface area contributed by atoms with Crippen LogP contribution in [0, 0.1) is 0 Å². The second-order valence-corrected chi connectivity index (χ2v) is 3.10. The van der Waals surface area contributed by atoms with Gasteiger partial charge in [0.2, 0.25) is 0 Å². The molecule has 1 aromatic heterocycles. The third-order valence-corrected chi connectivity index (χ3v) is 2.32. The number of hydrogen-bond donors (Lipinski definition) is 1. The minimum absolute atomic E-state index is 0.620. The molecular weight excluding hydrogens is 142 g/mol. The lowest BCUT2D eigenvalue weighted by atomic mass is 10.0. The van der Waals surface area contributed by atoms with Crippen molar-refractivity contribution in [3.8, 4) is 0 Å². The van der Waals surface area contributed by atoms with E-state index in [0.717, 1.165) is 25.7 Å². The smallest absolute Gasteiger partial charge is 0.181 e. The van der Waals surface area contributed by atoms with Crippen molar-refractivity contribution in [2.75, 3.05) is 0 Å². The first-order valence-corrected chi connectivity index (χ1v) is 3.93. The quantitative estimate of drug-likeness (QED) is 0.664. The summed E-state index contributed by atoms with van der Waals surface area (Å²) in [6.45, 7) is 0. The molecule has 1 N–H and O–H groups in total. The number of nitrogens with zero attached hydrogens (tertiary/aromatic N) is 1. The Labute approximate surface area is 65.1 Å². The normalized spacial score (nSPS) is 22.3. The highest BCUT2D eigenvalue weighted by molar-refractivity contribution is 5.05. The van der Waals surface area contributed by atoms with Crippen LogP contribution in [0.2, 0.25) is 0 Å². The Morgan fingerprint density at radius 3 is 2.73 bits per heavy atom. The minimum atomic E-state index is -0.712. The zero-order valence-corrected chi connectivity index (χ0v) is 6.29. The molecule has 1 saturated carbocycles. The lowest BCUT2D eigenvalue weighted by Crippen LogP contribution is -2.19. The number of aromatic nitrogens is 1. The van der Waals surface area contributed by atoms with E-state index in [0.29, 0.717) is 5.76 Å². The van der Waals surface area contributed by atoms with E-state index in [1.165, 1.54) is 6.39 Å². The molecule has 2 rings (SSSR count). The van der Waals surface area contributed by atoms with Gasteiger partial charge in [-0.3, -0.25) is 0 Å². The zero-order valence-electron chi connectivity index (χ0n) is 6.29. The minimum Gasteiger partial charge on any atom is -0.445 e. The van der Waals surface area contributed by atoms with E-state index in [1.807, 2.05) is 0 Å². The van der Waals surface area contributed by atoms with Crippen molar-refractivity contribution < 1.29 is 9.52 Å². The summed E-state index contributed by atoms with van der Waals surface area (Å²) in [5.41, 5.74) is -0.712. The van der Waals surface area contributed by atoms with Gasteiger partial charge in [-0.1, -0.05) is 0 Å². The molecule has 0 saturated heterocycles. The van der Waals surface area contributed by atoms with Crippen LogP contribution < -0.4 is 0 Å². The first kappa shape index (κ1) is 6.85. The maximum absolute atomic E-state index is 9.92. The van der Waals surface area contributed by atoms with Crippen LogP contribution in [0.1, 0.15) is 31.4 Å². The van der Waals surface area contributed by atoms with Gasteiger partial charge in [0.1, 0.15) is 5.60 Å². The van der Waals surface area contributed by atoms with Gasteiger partial charge in [-0.2, -0.15) is 0 Å². The molecule has 3 nitrogen and oxygen atoms in total. The van der Waals surface area contributed by atoms with E-state index in [2.05, 4.69) is 4.98 Å². The van der Waals surface area contributed by atoms with Crippen molar-refractivity contribution in [3.63, 3.8) is 0 Å². The largest absolute Gasteiger partial charge is 0.445 e. The Bertz CT molecular complexity index is 224. The third kappa shape index (κ3) is 1.05. The summed E-state index contributed by atoms with van der Waals surface area (Å²) in [4.78, 5) is 3.79. The molecule has 1 aromatic rings. The highest BCUT2D eigenvalue weighted by Crippen LogP contribution is 2.37. The number of oxazole rings is 1. The van der Waals surface area contributed by atoms with E-state index in [9.17, 15) is 5.11 Å². The molecule has 0 unspecified atom stereocenters. The summed E-state index contributed by atoms with van der Waals surface area (Å²) in [5, 5.41) is 9.92. The summed E-state index contributed by atoms with van der Waals surface area (Å²) in [7, 11) is 0. The monoisotopic (exact) mass is 153 g/mol. The maximum Gasteiger partial charge on any atom is 0.181 e. The van der Waals surface area contributed by atoms with Gasteiger partial charge in [0.15, 0.2) is 12.2 Å². The lowest BCUT2D eigenvalue weighted by Gasteiger charge is -2.17. The van der Waals surface area contributed by atoms with Crippen LogP contribution in [0.25, 0.3) is 0 Å². The zero-order chi connectivity index (χ0) is 7.73. The molecular formula is C8H11NO2. The highest BCUT2D eigenvalue weighted by Gasteiger charge is 2.35. The summed E-state index contributed by atoms with van der Waals surface area (Å²) in [6.07, 6.45) is 6.75. The van der Waals surface area contributed by atoms with Gasteiger partial charge in [-0.05, 0) is 25.7 Å². The van der Waals surface area contributed by atoms with E-state index in [-0.39, 0.29) is 0 Å². The Kier molecular flexibility index (Phi) is 1.46. The fourth-order valence-corrected chi connectivity index (χ4v) is 1.65. The molecule has 1 heterocycles. The van der Waals surface area contributed by atoms with Crippen molar-refractivity contribution >= 4 is 0 Å². The number of aliphatic hydroxyl groups is 1. The maximum atomic E-state index is 9.92. The molecule has 0 atom stereocenters. The predicted molar refractivity (Wildman–Crippen MR) is 38.9 cm³/mol. The van der Waals surface area contributed by atoms with Crippen LogP contribution in [0.15, 0.2) is 17.0 Å². The Morgan fingerprint density at radius 2 is 2.18 bits per heavy atom. The van der Waals surface area contributed by atoms with Crippen LogP contribution in [0.5, 0.6) is 0 Å². The first-order valence-electron chi connectivity index (χ1n) is 3.93. The average molecular weight is 153 g/mol. The van der Waals surface area contributed by atoms with Crippen LogP contribution in [0.4, 0.5) is 0 Å². The lowest BCUT2D eigenvalue weighted by molar-refractivity contribution is 0.0220. The number of rotatable bonds is 1. The van der Waals surface area contributed by atoms with Gasteiger partial charge in [-0.25, -0.2) is 4.98 Å². The van der Waals surface area contributed by atoms with Gasteiger partial charge < -0.3 is 9.52 Å². The SMILES string of the molecule is OC1(c2cnco2)CCCC1. The van der Waals surface area contributed by atoms with Gasteiger partial charge >= 0.3 is 0 Å². The van der Waals surface area contributed by atoms with E-state index in [1.54, 1.807) is 6.20 Å². The fourth-order valence-electron chi connectivity index (χ4n) is 1.65. The standard InChI is InChI=1S/C8H11NO2/c10-8(3-1-2-4-8)7-5-9-6-11-7/h5-6,10H,1-4H2. The molecule has 0 spiro atoms. The molecule has 1 fully saturated rings. The average Bonchev–Trinajstić information content (AvgIpc) is 2.55. The molecule has 0 amide bonds. The molecule has 1 aliphatic rings. The molecule has 3 heteroatoms. The van der Waals surface area contributed by atoms with Crippen molar-refractivity contribution in [1.29, 1.82) is 0 Å².